The standard InChI is InChI=1S/C18H36N4O3S/c1-6-26(24,25)22-9-7-20(8-10-22)17(23)19-14-18(4,5)21-12-15(2)11-16(3)13-21/h15-16H,6-14H2,1-5H3,(H,19,23). The van der Waals surface area contributed by atoms with Gasteiger partial charge in [-0.2, -0.15) is 4.31 Å². The Morgan fingerprint density at radius 3 is 2.12 bits per heavy atom. The van der Waals surface area contributed by atoms with E-state index in [1.165, 1.54) is 10.7 Å². The number of likely N-dealkylation sites (tertiary alicyclic amines) is 1. The van der Waals surface area contributed by atoms with Crippen molar-refractivity contribution in [3.63, 3.8) is 0 Å². The number of carbonyl (C=O) groups is 1. The van der Waals surface area contributed by atoms with Crippen LogP contribution in [0.15, 0.2) is 0 Å². The molecule has 2 amide bonds. The second-order valence-electron chi connectivity index (χ2n) is 8.61. The highest BCUT2D eigenvalue weighted by Crippen LogP contribution is 2.26. The fourth-order valence-corrected chi connectivity index (χ4v) is 5.11. The Morgan fingerprint density at radius 2 is 1.62 bits per heavy atom. The fourth-order valence-electron chi connectivity index (χ4n) is 4.02. The zero-order valence-corrected chi connectivity index (χ0v) is 17.8. The lowest BCUT2D eigenvalue weighted by molar-refractivity contribution is 0.0461. The van der Waals surface area contributed by atoms with Crippen LogP contribution in [0.2, 0.25) is 0 Å². The van der Waals surface area contributed by atoms with E-state index >= 15 is 0 Å². The zero-order valence-electron chi connectivity index (χ0n) is 17.0. The predicted molar refractivity (Wildman–Crippen MR) is 105 cm³/mol. The molecule has 7 nitrogen and oxygen atoms in total. The van der Waals surface area contributed by atoms with E-state index in [-0.39, 0.29) is 17.3 Å². The summed E-state index contributed by atoms with van der Waals surface area (Å²) in [6, 6.07) is -0.0928. The normalized spacial score (nSPS) is 26.7. The van der Waals surface area contributed by atoms with Crippen LogP contribution in [0.4, 0.5) is 4.79 Å². The highest BCUT2D eigenvalue weighted by atomic mass is 32.2. The first-order valence-electron chi connectivity index (χ1n) is 9.81. The third kappa shape index (κ3) is 5.33. The fraction of sp³-hybridized carbons (Fsp3) is 0.944. The smallest absolute Gasteiger partial charge is 0.317 e. The molecule has 0 aromatic heterocycles. The molecule has 2 unspecified atom stereocenters. The summed E-state index contributed by atoms with van der Waals surface area (Å²) >= 11 is 0. The number of piperazine rings is 1. The van der Waals surface area contributed by atoms with E-state index in [1.54, 1.807) is 11.8 Å². The summed E-state index contributed by atoms with van der Waals surface area (Å²) in [4.78, 5) is 16.7. The van der Waals surface area contributed by atoms with Crippen LogP contribution in [0.25, 0.3) is 0 Å². The number of rotatable bonds is 5. The van der Waals surface area contributed by atoms with Crippen LogP contribution in [0, 0.1) is 11.8 Å². The van der Waals surface area contributed by atoms with Crippen molar-refractivity contribution in [2.45, 2.75) is 46.6 Å². The molecule has 0 aromatic rings. The van der Waals surface area contributed by atoms with Crippen LogP contribution < -0.4 is 5.32 Å². The first kappa shape index (κ1) is 21.4. The zero-order chi connectivity index (χ0) is 19.5. The van der Waals surface area contributed by atoms with E-state index in [4.69, 9.17) is 0 Å². The maximum Gasteiger partial charge on any atom is 0.317 e. The van der Waals surface area contributed by atoms with Gasteiger partial charge in [-0.1, -0.05) is 13.8 Å². The molecule has 0 spiro atoms. The molecule has 26 heavy (non-hydrogen) atoms. The number of urea groups is 1. The van der Waals surface area contributed by atoms with Gasteiger partial charge in [-0.25, -0.2) is 13.2 Å². The highest BCUT2D eigenvalue weighted by Gasteiger charge is 2.34. The molecule has 2 aliphatic rings. The molecular weight excluding hydrogens is 352 g/mol. The first-order chi connectivity index (χ1) is 12.0. The summed E-state index contributed by atoms with van der Waals surface area (Å²) in [5.74, 6) is 1.48. The Bertz CT molecular complexity index is 575. The highest BCUT2D eigenvalue weighted by molar-refractivity contribution is 7.89. The molecule has 0 bridgehead atoms. The summed E-state index contributed by atoms with van der Waals surface area (Å²) in [5.41, 5.74) is -0.0913. The number of hydrogen-bond donors (Lipinski definition) is 1. The molecule has 0 radical (unpaired) electrons. The predicted octanol–water partition coefficient (Wildman–Crippen LogP) is 1.42. The van der Waals surface area contributed by atoms with Crippen LogP contribution in [0.3, 0.4) is 0 Å². The van der Waals surface area contributed by atoms with Crippen LogP contribution in [-0.2, 0) is 10.0 Å². The van der Waals surface area contributed by atoms with Gasteiger partial charge in [-0.3, -0.25) is 4.90 Å². The maximum atomic E-state index is 12.5. The number of carbonyl (C=O) groups excluding carboxylic acids is 1. The van der Waals surface area contributed by atoms with Crippen molar-refractivity contribution in [3.8, 4) is 0 Å². The Morgan fingerprint density at radius 1 is 1.08 bits per heavy atom. The van der Waals surface area contributed by atoms with Crippen molar-refractivity contribution in [1.82, 2.24) is 19.4 Å². The molecule has 8 heteroatoms. The third-order valence-corrected chi connectivity index (χ3v) is 7.56. The molecule has 0 aliphatic carbocycles. The van der Waals surface area contributed by atoms with Crippen molar-refractivity contribution in [2.75, 3.05) is 51.6 Å². The van der Waals surface area contributed by atoms with Gasteiger partial charge in [0.2, 0.25) is 10.0 Å². The number of nitrogens with zero attached hydrogens (tertiary/aromatic N) is 3. The average molecular weight is 389 g/mol. The lowest BCUT2D eigenvalue weighted by atomic mass is 9.88. The topological polar surface area (TPSA) is 73.0 Å². The maximum absolute atomic E-state index is 12.5. The van der Waals surface area contributed by atoms with Crippen LogP contribution in [0.1, 0.15) is 41.0 Å². The van der Waals surface area contributed by atoms with Gasteiger partial charge in [-0.15, -0.1) is 0 Å². The molecule has 2 saturated heterocycles. The van der Waals surface area contributed by atoms with Gasteiger partial charge in [0.05, 0.1) is 5.75 Å². The van der Waals surface area contributed by atoms with Crippen molar-refractivity contribution >= 4 is 16.1 Å². The summed E-state index contributed by atoms with van der Waals surface area (Å²) < 4.78 is 25.3. The second kappa shape index (κ2) is 8.44. The van der Waals surface area contributed by atoms with E-state index in [0.29, 0.717) is 44.6 Å². The average Bonchev–Trinajstić information content (AvgIpc) is 2.59. The molecule has 2 heterocycles. The van der Waals surface area contributed by atoms with Gasteiger partial charge in [-0.05, 0) is 39.0 Å². The minimum Gasteiger partial charge on any atom is -0.336 e. The summed E-state index contributed by atoms with van der Waals surface area (Å²) in [7, 11) is -3.16. The number of sulfonamides is 1. The van der Waals surface area contributed by atoms with Gasteiger partial charge >= 0.3 is 6.03 Å². The minimum atomic E-state index is -3.16. The number of amides is 2. The second-order valence-corrected chi connectivity index (χ2v) is 10.9. The lowest BCUT2D eigenvalue weighted by Gasteiger charge is -2.45. The van der Waals surface area contributed by atoms with Crippen molar-refractivity contribution in [2.24, 2.45) is 11.8 Å². The van der Waals surface area contributed by atoms with Crippen LogP contribution in [0.5, 0.6) is 0 Å². The van der Waals surface area contributed by atoms with Crippen LogP contribution in [-0.4, -0.2) is 85.7 Å². The summed E-state index contributed by atoms with van der Waals surface area (Å²) in [6.45, 7) is 15.0. The SMILES string of the molecule is CCS(=O)(=O)N1CCN(C(=O)NCC(C)(C)N2CC(C)CC(C)C2)CC1. The molecule has 2 atom stereocenters. The minimum absolute atomic E-state index is 0.0913. The van der Waals surface area contributed by atoms with Gasteiger partial charge in [0.15, 0.2) is 0 Å². The Labute approximate surface area is 159 Å². The largest absolute Gasteiger partial charge is 0.336 e. The molecule has 152 valence electrons. The van der Waals surface area contributed by atoms with E-state index in [2.05, 4.69) is 37.9 Å². The third-order valence-electron chi connectivity index (χ3n) is 5.68. The molecular formula is C18H36N4O3S. The van der Waals surface area contributed by atoms with Crippen molar-refractivity contribution in [3.05, 3.63) is 0 Å². The Kier molecular flexibility index (Phi) is 6.96. The van der Waals surface area contributed by atoms with E-state index in [9.17, 15) is 13.2 Å². The first-order valence-corrected chi connectivity index (χ1v) is 11.4. The summed E-state index contributed by atoms with van der Waals surface area (Å²) in [6.07, 6.45) is 1.27. The Balaban J connectivity index is 1.83. The molecule has 2 aliphatic heterocycles. The van der Waals surface area contributed by atoms with Crippen molar-refractivity contribution < 1.29 is 13.2 Å². The van der Waals surface area contributed by atoms with Gasteiger partial charge in [0.25, 0.3) is 0 Å². The van der Waals surface area contributed by atoms with E-state index in [0.717, 1.165) is 13.1 Å². The van der Waals surface area contributed by atoms with Gasteiger partial charge in [0.1, 0.15) is 0 Å². The number of piperidine rings is 1. The monoisotopic (exact) mass is 388 g/mol. The molecule has 1 N–H and O–H groups in total. The van der Waals surface area contributed by atoms with E-state index in [1.807, 2.05) is 0 Å². The number of hydrogen-bond acceptors (Lipinski definition) is 4. The van der Waals surface area contributed by atoms with Crippen molar-refractivity contribution in [1.29, 1.82) is 0 Å². The molecule has 0 aromatic carbocycles. The lowest BCUT2D eigenvalue weighted by Crippen LogP contribution is -2.58. The van der Waals surface area contributed by atoms with Gasteiger partial charge in [0, 0.05) is 51.4 Å². The summed E-state index contributed by atoms with van der Waals surface area (Å²) in [5, 5.41) is 3.06. The number of nitrogens with one attached hydrogen (secondary N) is 1. The molecule has 2 fully saturated rings. The molecule has 0 saturated carbocycles. The van der Waals surface area contributed by atoms with Gasteiger partial charge < -0.3 is 10.2 Å². The Hall–Kier alpha value is -0.860. The molecule has 2 rings (SSSR count). The van der Waals surface area contributed by atoms with E-state index < -0.39 is 10.0 Å². The van der Waals surface area contributed by atoms with Crippen LogP contribution >= 0.6 is 0 Å². The quantitative estimate of drug-likeness (QED) is 0.773.